The summed E-state index contributed by atoms with van der Waals surface area (Å²) in [6, 6.07) is 24.1. The maximum absolute atomic E-state index is 2.28. The molecule has 0 aliphatic heterocycles. The monoisotopic (exact) mass is 284 g/mol. The Morgan fingerprint density at radius 3 is 1.91 bits per heavy atom. The first-order valence-electron chi connectivity index (χ1n) is 7.61. The van der Waals surface area contributed by atoms with Crippen LogP contribution in [-0.2, 0) is 7.05 Å². The highest BCUT2D eigenvalue weighted by Crippen LogP contribution is 2.36. The number of nitrogens with zero attached hydrogens (tertiary/aromatic N) is 1. The summed E-state index contributed by atoms with van der Waals surface area (Å²) in [5, 5.41) is 5.22. The molecule has 0 aliphatic rings. The Balaban J connectivity index is 2.18. The van der Waals surface area contributed by atoms with Gasteiger partial charge < -0.3 is 0 Å². The minimum Gasteiger partial charge on any atom is -0.205 e. The van der Waals surface area contributed by atoms with Crippen LogP contribution in [0.4, 0.5) is 0 Å². The Hall–Kier alpha value is -2.67. The molecule has 4 rings (SSSR count). The van der Waals surface area contributed by atoms with Crippen LogP contribution in [0.25, 0.3) is 32.7 Å². The smallest absolute Gasteiger partial charge is 0.178 e. The molecule has 0 atom stereocenters. The largest absolute Gasteiger partial charge is 0.205 e. The average molecular weight is 284 g/mol. The van der Waals surface area contributed by atoms with Gasteiger partial charge in [0.15, 0.2) is 11.9 Å². The van der Waals surface area contributed by atoms with Gasteiger partial charge in [0.25, 0.3) is 0 Å². The van der Waals surface area contributed by atoms with Crippen molar-refractivity contribution in [3.63, 3.8) is 0 Å². The summed E-state index contributed by atoms with van der Waals surface area (Å²) in [6.07, 6.45) is 2.14. The van der Waals surface area contributed by atoms with Crippen LogP contribution < -0.4 is 4.57 Å². The maximum Gasteiger partial charge on any atom is 0.178 e. The summed E-state index contributed by atoms with van der Waals surface area (Å²) in [6.45, 7) is 2.15. The molecule has 1 heterocycles. The van der Waals surface area contributed by atoms with Crippen molar-refractivity contribution in [2.24, 2.45) is 7.05 Å². The second kappa shape index (κ2) is 4.96. The van der Waals surface area contributed by atoms with E-state index in [4.69, 9.17) is 0 Å². The van der Waals surface area contributed by atoms with E-state index in [1.165, 1.54) is 38.4 Å². The summed E-state index contributed by atoms with van der Waals surface area (Å²) in [5.41, 5.74) is 3.87. The number of hydrogen-bond donors (Lipinski definition) is 0. The molecular formula is C21H18N+. The Kier molecular flexibility index (Phi) is 2.93. The SMILES string of the molecule is Cc1cc(-c2c3ccccc3cc3ccccc23)cc[n+]1C. The predicted octanol–water partition coefficient (Wildman–Crippen LogP) is 4.79. The van der Waals surface area contributed by atoms with Gasteiger partial charge in [-0.2, -0.15) is 0 Å². The summed E-state index contributed by atoms with van der Waals surface area (Å²) in [5.74, 6) is 0. The van der Waals surface area contributed by atoms with Crippen LogP contribution in [0.3, 0.4) is 0 Å². The molecule has 0 saturated carbocycles. The lowest BCUT2D eigenvalue weighted by atomic mass is 9.92. The number of aromatic nitrogens is 1. The average Bonchev–Trinajstić information content (AvgIpc) is 2.55. The molecule has 0 radical (unpaired) electrons. The molecule has 0 N–H and O–H groups in total. The zero-order valence-corrected chi connectivity index (χ0v) is 12.9. The van der Waals surface area contributed by atoms with Crippen LogP contribution in [0.15, 0.2) is 72.9 Å². The molecular weight excluding hydrogens is 266 g/mol. The van der Waals surface area contributed by atoms with E-state index in [-0.39, 0.29) is 0 Å². The standard InChI is InChI=1S/C21H18N/c1-15-13-18(11-12-22(15)2)21-19-9-5-3-7-16(19)14-17-8-4-6-10-20(17)21/h3-14H,1-2H3/q+1. The van der Waals surface area contributed by atoms with E-state index in [9.17, 15) is 0 Å². The fourth-order valence-corrected chi connectivity index (χ4v) is 3.16. The second-order valence-corrected chi connectivity index (χ2v) is 5.86. The minimum absolute atomic E-state index is 1.26. The topological polar surface area (TPSA) is 3.88 Å². The van der Waals surface area contributed by atoms with Crippen LogP contribution >= 0.6 is 0 Å². The van der Waals surface area contributed by atoms with E-state index in [1.54, 1.807) is 0 Å². The molecule has 0 bridgehead atoms. The van der Waals surface area contributed by atoms with Crippen molar-refractivity contribution in [2.45, 2.75) is 6.92 Å². The zero-order chi connectivity index (χ0) is 15.1. The molecule has 1 heteroatoms. The van der Waals surface area contributed by atoms with Crippen LogP contribution in [0, 0.1) is 6.92 Å². The van der Waals surface area contributed by atoms with Gasteiger partial charge in [-0.1, -0.05) is 48.5 Å². The van der Waals surface area contributed by atoms with Crippen LogP contribution in [0.2, 0.25) is 0 Å². The van der Waals surface area contributed by atoms with Crippen LogP contribution in [-0.4, -0.2) is 0 Å². The fraction of sp³-hybridized carbons (Fsp3) is 0.0952. The summed E-state index contributed by atoms with van der Waals surface area (Å²) in [7, 11) is 2.08. The van der Waals surface area contributed by atoms with Gasteiger partial charge in [0, 0.05) is 19.1 Å². The lowest BCUT2D eigenvalue weighted by molar-refractivity contribution is -0.677. The van der Waals surface area contributed by atoms with Crippen molar-refractivity contribution in [1.29, 1.82) is 0 Å². The highest BCUT2D eigenvalue weighted by molar-refractivity contribution is 6.12. The first-order valence-corrected chi connectivity index (χ1v) is 7.61. The van der Waals surface area contributed by atoms with Gasteiger partial charge >= 0.3 is 0 Å². The first-order chi connectivity index (χ1) is 10.7. The van der Waals surface area contributed by atoms with E-state index in [0.29, 0.717) is 0 Å². The maximum atomic E-state index is 2.28. The van der Waals surface area contributed by atoms with Crippen LogP contribution in [0.5, 0.6) is 0 Å². The van der Waals surface area contributed by atoms with Gasteiger partial charge in [0.2, 0.25) is 0 Å². The van der Waals surface area contributed by atoms with Crippen LogP contribution in [0.1, 0.15) is 5.69 Å². The third-order valence-corrected chi connectivity index (χ3v) is 4.46. The van der Waals surface area contributed by atoms with E-state index in [2.05, 4.69) is 91.5 Å². The molecule has 1 aromatic heterocycles. The molecule has 1 nitrogen and oxygen atoms in total. The fourth-order valence-electron chi connectivity index (χ4n) is 3.16. The van der Waals surface area contributed by atoms with Gasteiger partial charge in [-0.05, 0) is 38.7 Å². The molecule has 0 amide bonds. The van der Waals surface area contributed by atoms with Gasteiger partial charge in [-0.15, -0.1) is 0 Å². The molecule has 0 aliphatic carbocycles. The quantitative estimate of drug-likeness (QED) is 0.349. The molecule has 4 aromatic rings. The van der Waals surface area contributed by atoms with E-state index >= 15 is 0 Å². The van der Waals surface area contributed by atoms with E-state index < -0.39 is 0 Å². The minimum atomic E-state index is 1.26. The Morgan fingerprint density at radius 1 is 0.727 bits per heavy atom. The molecule has 22 heavy (non-hydrogen) atoms. The Labute approximate surface area is 130 Å². The number of hydrogen-bond acceptors (Lipinski definition) is 0. The van der Waals surface area contributed by atoms with Crippen molar-refractivity contribution in [1.82, 2.24) is 0 Å². The molecule has 0 fully saturated rings. The zero-order valence-electron chi connectivity index (χ0n) is 12.9. The number of fused-ring (bicyclic) bond motifs is 2. The molecule has 0 unspecified atom stereocenters. The van der Waals surface area contributed by atoms with Gasteiger partial charge in [0.05, 0.1) is 0 Å². The first kappa shape index (κ1) is 13.0. The van der Waals surface area contributed by atoms with Crippen molar-refractivity contribution in [2.75, 3.05) is 0 Å². The summed E-state index contributed by atoms with van der Waals surface area (Å²) in [4.78, 5) is 0. The number of benzene rings is 3. The Morgan fingerprint density at radius 2 is 1.32 bits per heavy atom. The predicted molar refractivity (Wildman–Crippen MR) is 92.8 cm³/mol. The normalized spacial score (nSPS) is 11.2. The van der Waals surface area contributed by atoms with E-state index in [1.807, 2.05) is 0 Å². The lowest BCUT2D eigenvalue weighted by Crippen LogP contribution is -2.30. The lowest BCUT2D eigenvalue weighted by Gasteiger charge is -2.12. The van der Waals surface area contributed by atoms with E-state index in [0.717, 1.165) is 0 Å². The summed E-state index contributed by atoms with van der Waals surface area (Å²) < 4.78 is 2.15. The van der Waals surface area contributed by atoms with Crippen molar-refractivity contribution >= 4 is 21.5 Å². The van der Waals surface area contributed by atoms with Gasteiger partial charge in [-0.25, -0.2) is 4.57 Å². The third kappa shape index (κ3) is 1.98. The third-order valence-electron chi connectivity index (χ3n) is 4.46. The highest BCUT2D eigenvalue weighted by Gasteiger charge is 2.12. The molecule has 0 saturated heterocycles. The molecule has 3 aromatic carbocycles. The molecule has 0 spiro atoms. The number of aryl methyl sites for hydroxylation is 2. The van der Waals surface area contributed by atoms with Crippen molar-refractivity contribution in [3.8, 4) is 11.1 Å². The highest BCUT2D eigenvalue weighted by atomic mass is 14.9. The number of rotatable bonds is 1. The molecule has 106 valence electrons. The van der Waals surface area contributed by atoms with Crippen molar-refractivity contribution < 1.29 is 4.57 Å². The summed E-state index contributed by atoms with van der Waals surface area (Å²) >= 11 is 0. The number of pyridine rings is 1. The Bertz CT molecular complexity index is 945. The second-order valence-electron chi connectivity index (χ2n) is 5.86. The van der Waals surface area contributed by atoms with Gasteiger partial charge in [0.1, 0.15) is 7.05 Å². The van der Waals surface area contributed by atoms with Gasteiger partial charge in [-0.3, -0.25) is 0 Å². The van der Waals surface area contributed by atoms with Crippen molar-refractivity contribution in [3.05, 3.63) is 78.6 Å².